The molecule has 0 bridgehead atoms. The zero-order chi connectivity index (χ0) is 18.2. The van der Waals surface area contributed by atoms with Crippen LogP contribution in [0, 0.1) is 17.3 Å². The molecule has 0 rings (SSSR count). The largest absolute Gasteiger partial charge is 0.390 e. The van der Waals surface area contributed by atoms with Crippen molar-refractivity contribution in [3.05, 3.63) is 0 Å². The lowest BCUT2D eigenvalue weighted by molar-refractivity contribution is -0.159. The highest BCUT2D eigenvalue weighted by Gasteiger charge is 2.36. The van der Waals surface area contributed by atoms with Gasteiger partial charge in [-0.1, -0.05) is 40.3 Å². The van der Waals surface area contributed by atoms with Crippen molar-refractivity contribution in [3.8, 4) is 0 Å². The molecule has 0 aromatic carbocycles. The Balaban J connectivity index is 5.15. The van der Waals surface area contributed by atoms with Crippen molar-refractivity contribution in [1.29, 1.82) is 0 Å². The Morgan fingerprint density at radius 2 is 1.74 bits per heavy atom. The highest BCUT2D eigenvalue weighted by atomic mass is 16.8. The number of aliphatic hydroxyl groups is 1. The molecule has 23 heavy (non-hydrogen) atoms. The van der Waals surface area contributed by atoms with Gasteiger partial charge in [-0.3, -0.25) is 19.6 Å². The Bertz CT molecular complexity index is 382. The molecule has 3 atom stereocenters. The SMILES string of the molecule is CNC(=O)C(NC(=O)C(CC(C)C)C(O)CONO)C(C)(C)C. The number of carbonyl (C=O) groups excluding carboxylic acids is 2. The van der Waals surface area contributed by atoms with Crippen molar-refractivity contribution in [2.45, 2.75) is 53.2 Å². The van der Waals surface area contributed by atoms with E-state index in [1.165, 1.54) is 12.7 Å². The Labute approximate surface area is 137 Å². The Morgan fingerprint density at radius 1 is 1.17 bits per heavy atom. The van der Waals surface area contributed by atoms with Gasteiger partial charge in [-0.15, -0.1) is 0 Å². The zero-order valence-electron chi connectivity index (χ0n) is 14.8. The van der Waals surface area contributed by atoms with Crippen LogP contribution >= 0.6 is 0 Å². The first-order valence-corrected chi connectivity index (χ1v) is 7.75. The van der Waals surface area contributed by atoms with Crippen molar-refractivity contribution in [2.75, 3.05) is 13.7 Å². The summed E-state index contributed by atoms with van der Waals surface area (Å²) in [4.78, 5) is 29.1. The summed E-state index contributed by atoms with van der Waals surface area (Å²) < 4.78 is 0. The molecule has 8 nitrogen and oxygen atoms in total. The maximum atomic E-state index is 12.6. The molecule has 0 saturated carbocycles. The summed E-state index contributed by atoms with van der Waals surface area (Å²) >= 11 is 0. The molecule has 0 fully saturated rings. The minimum Gasteiger partial charge on any atom is -0.390 e. The van der Waals surface area contributed by atoms with E-state index in [0.717, 1.165) is 0 Å². The van der Waals surface area contributed by atoms with Gasteiger partial charge in [-0.2, -0.15) is 0 Å². The van der Waals surface area contributed by atoms with Gasteiger partial charge >= 0.3 is 0 Å². The fourth-order valence-corrected chi connectivity index (χ4v) is 2.25. The summed E-state index contributed by atoms with van der Waals surface area (Å²) in [7, 11) is 1.51. The van der Waals surface area contributed by atoms with Crippen LogP contribution in [0.5, 0.6) is 0 Å². The van der Waals surface area contributed by atoms with Gasteiger partial charge in [0.25, 0.3) is 0 Å². The lowest BCUT2D eigenvalue weighted by atomic mass is 9.84. The van der Waals surface area contributed by atoms with E-state index in [-0.39, 0.29) is 18.4 Å². The minimum atomic E-state index is -1.11. The van der Waals surface area contributed by atoms with E-state index in [1.807, 2.05) is 34.6 Å². The van der Waals surface area contributed by atoms with E-state index < -0.39 is 29.4 Å². The summed E-state index contributed by atoms with van der Waals surface area (Å²) in [6.45, 7) is 9.15. The van der Waals surface area contributed by atoms with Crippen LogP contribution in [-0.2, 0) is 14.4 Å². The average molecular weight is 333 g/mol. The van der Waals surface area contributed by atoms with Crippen LogP contribution in [0.4, 0.5) is 0 Å². The molecule has 0 aromatic rings. The topological polar surface area (TPSA) is 120 Å². The van der Waals surface area contributed by atoms with Crippen LogP contribution in [0.1, 0.15) is 41.0 Å². The molecule has 0 aliphatic carbocycles. The van der Waals surface area contributed by atoms with Crippen LogP contribution in [-0.4, -0.2) is 47.9 Å². The molecular formula is C15H31N3O5. The number of aliphatic hydroxyl groups excluding tert-OH is 1. The molecule has 5 N–H and O–H groups in total. The van der Waals surface area contributed by atoms with Gasteiger partial charge in [0.15, 0.2) is 0 Å². The first kappa shape index (κ1) is 21.8. The third-order valence-electron chi connectivity index (χ3n) is 3.51. The summed E-state index contributed by atoms with van der Waals surface area (Å²) in [6.07, 6.45) is -0.686. The van der Waals surface area contributed by atoms with Gasteiger partial charge in [-0.25, -0.2) is 0 Å². The second kappa shape index (κ2) is 9.82. The standard InChI is InChI=1S/C15H31N3O5/c1-9(2)7-10(11(19)8-23-18-22)13(20)17-12(14(21)16-6)15(3,4)5/h9-12,18-19,22H,7-8H2,1-6H3,(H,16,21)(H,17,20). The van der Waals surface area contributed by atoms with E-state index in [4.69, 9.17) is 5.21 Å². The number of rotatable bonds is 9. The lowest BCUT2D eigenvalue weighted by Gasteiger charge is -2.32. The molecule has 0 aromatic heterocycles. The van der Waals surface area contributed by atoms with Gasteiger partial charge in [-0.05, 0) is 17.8 Å². The van der Waals surface area contributed by atoms with Crippen molar-refractivity contribution >= 4 is 11.8 Å². The molecule has 0 aliphatic heterocycles. The highest BCUT2D eigenvalue weighted by Crippen LogP contribution is 2.22. The number of amides is 2. The van der Waals surface area contributed by atoms with E-state index >= 15 is 0 Å². The van der Waals surface area contributed by atoms with Crippen molar-refractivity contribution in [3.63, 3.8) is 0 Å². The summed E-state index contributed by atoms with van der Waals surface area (Å²) in [5, 5.41) is 23.8. The van der Waals surface area contributed by atoms with Gasteiger partial charge in [0.1, 0.15) is 6.04 Å². The number of hydrogen-bond acceptors (Lipinski definition) is 6. The van der Waals surface area contributed by atoms with Crippen LogP contribution in [0.25, 0.3) is 0 Å². The quantitative estimate of drug-likeness (QED) is 0.384. The molecular weight excluding hydrogens is 302 g/mol. The second-order valence-electron chi connectivity index (χ2n) is 7.13. The summed E-state index contributed by atoms with van der Waals surface area (Å²) in [5.41, 5.74) is 1.00. The normalized spacial score (nSPS) is 15.9. The molecule has 0 saturated heterocycles. The monoisotopic (exact) mass is 333 g/mol. The fourth-order valence-electron chi connectivity index (χ4n) is 2.25. The maximum Gasteiger partial charge on any atom is 0.242 e. The predicted octanol–water partition coefficient (Wildman–Crippen LogP) is 0.197. The number of likely N-dealkylation sites (N-methyl/N-ethyl adjacent to an activating group) is 1. The molecule has 0 radical (unpaired) electrons. The van der Waals surface area contributed by atoms with Crippen molar-refractivity contribution in [1.82, 2.24) is 16.3 Å². The summed E-state index contributed by atoms with van der Waals surface area (Å²) in [6, 6.07) is -0.723. The molecule has 0 spiro atoms. The number of carbonyl (C=O) groups is 2. The zero-order valence-corrected chi connectivity index (χ0v) is 14.8. The van der Waals surface area contributed by atoms with Crippen LogP contribution in [0.2, 0.25) is 0 Å². The minimum absolute atomic E-state index is 0.163. The smallest absolute Gasteiger partial charge is 0.242 e. The third-order valence-corrected chi connectivity index (χ3v) is 3.51. The fraction of sp³-hybridized carbons (Fsp3) is 0.867. The van der Waals surface area contributed by atoms with Gasteiger partial charge in [0.2, 0.25) is 11.8 Å². The molecule has 3 unspecified atom stereocenters. The van der Waals surface area contributed by atoms with Crippen LogP contribution in [0.3, 0.4) is 0 Å². The predicted molar refractivity (Wildman–Crippen MR) is 85.3 cm³/mol. The maximum absolute atomic E-state index is 12.6. The van der Waals surface area contributed by atoms with Gasteiger partial charge in [0, 0.05) is 7.05 Å². The Hall–Kier alpha value is -1.22. The van der Waals surface area contributed by atoms with Gasteiger partial charge < -0.3 is 15.7 Å². The van der Waals surface area contributed by atoms with Crippen LogP contribution < -0.4 is 16.3 Å². The lowest BCUT2D eigenvalue weighted by Crippen LogP contribution is -2.55. The second-order valence-corrected chi connectivity index (χ2v) is 7.13. The molecule has 0 aliphatic rings. The van der Waals surface area contributed by atoms with E-state index in [1.54, 1.807) is 0 Å². The first-order chi connectivity index (χ1) is 10.5. The molecule has 0 heterocycles. The van der Waals surface area contributed by atoms with E-state index in [9.17, 15) is 14.7 Å². The average Bonchev–Trinajstić information content (AvgIpc) is 2.45. The molecule has 136 valence electrons. The Morgan fingerprint density at radius 3 is 2.13 bits per heavy atom. The van der Waals surface area contributed by atoms with Gasteiger partial charge in [0.05, 0.1) is 18.6 Å². The van der Waals surface area contributed by atoms with Crippen molar-refractivity contribution in [2.24, 2.45) is 17.3 Å². The van der Waals surface area contributed by atoms with Crippen LogP contribution in [0.15, 0.2) is 0 Å². The number of nitrogens with one attached hydrogen (secondary N) is 3. The first-order valence-electron chi connectivity index (χ1n) is 7.75. The Kier molecular flexibility index (Phi) is 9.29. The van der Waals surface area contributed by atoms with Crippen molar-refractivity contribution < 1.29 is 24.7 Å². The molecule has 8 heteroatoms. The molecule has 2 amide bonds. The van der Waals surface area contributed by atoms with E-state index in [0.29, 0.717) is 6.42 Å². The highest BCUT2D eigenvalue weighted by molar-refractivity contribution is 5.89. The summed E-state index contributed by atoms with van der Waals surface area (Å²) in [5.74, 6) is -1.30. The number of hydrogen-bond donors (Lipinski definition) is 5. The third kappa shape index (κ3) is 7.74. The van der Waals surface area contributed by atoms with E-state index in [2.05, 4.69) is 15.5 Å².